The van der Waals surface area contributed by atoms with E-state index in [9.17, 15) is 12.8 Å². The lowest BCUT2D eigenvalue weighted by Gasteiger charge is -2.16. The highest BCUT2D eigenvalue weighted by Crippen LogP contribution is 2.23. The van der Waals surface area contributed by atoms with E-state index >= 15 is 0 Å². The molecule has 1 aromatic rings. The summed E-state index contributed by atoms with van der Waals surface area (Å²) in [6.45, 7) is 3.15. The van der Waals surface area contributed by atoms with E-state index in [1.165, 1.54) is 18.9 Å². The lowest BCUT2D eigenvalue weighted by atomic mass is 10.3. The zero-order valence-electron chi connectivity index (χ0n) is 10.5. The zero-order valence-corrected chi connectivity index (χ0v) is 11.3. The molecule has 0 amide bonds. The topological polar surface area (TPSA) is 72.6 Å². The molecule has 0 saturated carbocycles. The Bertz CT molecular complexity index is 542. The van der Waals surface area contributed by atoms with Crippen molar-refractivity contribution >= 4 is 10.0 Å². The van der Waals surface area contributed by atoms with Crippen LogP contribution in [-0.4, -0.2) is 39.6 Å². The molecule has 0 spiro atoms. The summed E-state index contributed by atoms with van der Waals surface area (Å²) in [7, 11) is -3.98. The molecule has 1 aromatic carbocycles. The number of hydrogen-bond donors (Lipinski definition) is 1. The van der Waals surface area contributed by atoms with Gasteiger partial charge in [0.25, 0.3) is 0 Å². The van der Waals surface area contributed by atoms with Crippen LogP contribution in [0, 0.1) is 5.82 Å². The summed E-state index contributed by atoms with van der Waals surface area (Å²) in [6.07, 6.45) is 2.36. The maximum atomic E-state index is 13.1. The maximum absolute atomic E-state index is 13.1. The molecule has 0 radical (unpaired) electrons. The van der Waals surface area contributed by atoms with Crippen molar-refractivity contribution in [1.29, 1.82) is 0 Å². The third-order valence-electron chi connectivity index (χ3n) is 3.08. The maximum Gasteiger partial charge on any atom is 0.241 e. The number of sulfonamides is 1. The molecule has 7 heteroatoms. The summed E-state index contributed by atoms with van der Waals surface area (Å²) >= 11 is 0. The van der Waals surface area contributed by atoms with Gasteiger partial charge in [-0.2, -0.15) is 0 Å². The van der Waals surface area contributed by atoms with Crippen molar-refractivity contribution in [1.82, 2.24) is 4.90 Å². The number of ether oxygens (including phenoxy) is 1. The quantitative estimate of drug-likeness (QED) is 0.875. The number of primary sulfonamides is 1. The van der Waals surface area contributed by atoms with E-state index in [4.69, 9.17) is 9.88 Å². The summed E-state index contributed by atoms with van der Waals surface area (Å²) < 4.78 is 41.2. The van der Waals surface area contributed by atoms with Crippen LogP contribution in [0.2, 0.25) is 0 Å². The molecule has 0 atom stereocenters. The van der Waals surface area contributed by atoms with Crippen LogP contribution in [0.15, 0.2) is 23.1 Å². The number of nitrogens with two attached hydrogens (primary N) is 1. The van der Waals surface area contributed by atoms with E-state index in [-0.39, 0.29) is 10.6 Å². The molecule has 5 nitrogen and oxygen atoms in total. The van der Waals surface area contributed by atoms with E-state index in [1.807, 2.05) is 0 Å². The lowest BCUT2D eigenvalue weighted by Crippen LogP contribution is -2.25. The fourth-order valence-electron chi connectivity index (χ4n) is 2.11. The van der Waals surface area contributed by atoms with Crippen LogP contribution in [0.1, 0.15) is 12.8 Å². The van der Waals surface area contributed by atoms with Crippen LogP contribution in [0.3, 0.4) is 0 Å². The first-order chi connectivity index (χ1) is 8.97. The molecule has 1 heterocycles. The molecule has 0 aliphatic carbocycles. The van der Waals surface area contributed by atoms with E-state index < -0.39 is 15.8 Å². The Kier molecular flexibility index (Phi) is 4.38. The Balaban J connectivity index is 2.03. The van der Waals surface area contributed by atoms with Crippen molar-refractivity contribution in [2.75, 3.05) is 26.2 Å². The van der Waals surface area contributed by atoms with Gasteiger partial charge in [-0.05, 0) is 44.1 Å². The molecule has 1 saturated heterocycles. The van der Waals surface area contributed by atoms with Crippen LogP contribution >= 0.6 is 0 Å². The van der Waals surface area contributed by atoms with Crippen LogP contribution < -0.4 is 9.88 Å². The molecular formula is C12H17FN2O3S. The summed E-state index contributed by atoms with van der Waals surface area (Å²) in [4.78, 5) is 1.93. The van der Waals surface area contributed by atoms with Crippen LogP contribution in [0.25, 0.3) is 0 Å². The van der Waals surface area contributed by atoms with Gasteiger partial charge in [-0.1, -0.05) is 0 Å². The molecule has 2 N–H and O–H groups in total. The number of benzene rings is 1. The second kappa shape index (κ2) is 5.85. The molecule has 1 aliphatic rings. The standard InChI is InChI=1S/C12H17FN2O3S/c13-10-3-4-11(12(9-10)19(14,16)17)18-8-7-15-5-1-2-6-15/h3-4,9H,1-2,5-8H2,(H2,14,16,17). The minimum absolute atomic E-state index is 0.100. The van der Waals surface area contributed by atoms with Gasteiger partial charge in [0, 0.05) is 6.54 Å². The van der Waals surface area contributed by atoms with Gasteiger partial charge in [0.1, 0.15) is 23.1 Å². The summed E-state index contributed by atoms with van der Waals surface area (Å²) in [5, 5.41) is 5.04. The van der Waals surface area contributed by atoms with Crippen LogP contribution in [0.5, 0.6) is 5.75 Å². The summed E-state index contributed by atoms with van der Waals surface area (Å²) in [6, 6.07) is 3.32. The van der Waals surface area contributed by atoms with Crippen molar-refractivity contribution in [3.8, 4) is 5.75 Å². The average Bonchev–Trinajstić information content (AvgIpc) is 2.83. The Morgan fingerprint density at radius 2 is 2.00 bits per heavy atom. The van der Waals surface area contributed by atoms with E-state index in [1.54, 1.807) is 0 Å². The number of nitrogens with zero attached hydrogens (tertiary/aromatic N) is 1. The highest BCUT2D eigenvalue weighted by Gasteiger charge is 2.17. The van der Waals surface area contributed by atoms with Crippen molar-refractivity contribution < 1.29 is 17.5 Å². The SMILES string of the molecule is NS(=O)(=O)c1cc(F)ccc1OCCN1CCCC1. The molecule has 19 heavy (non-hydrogen) atoms. The fourth-order valence-corrected chi connectivity index (χ4v) is 2.80. The number of rotatable bonds is 5. The van der Waals surface area contributed by atoms with Gasteiger partial charge >= 0.3 is 0 Å². The molecule has 1 fully saturated rings. The second-order valence-corrected chi connectivity index (χ2v) is 6.06. The second-order valence-electron chi connectivity index (χ2n) is 4.53. The first-order valence-electron chi connectivity index (χ1n) is 6.14. The third kappa shape index (κ3) is 3.89. The average molecular weight is 288 g/mol. The first kappa shape index (κ1) is 14.2. The van der Waals surface area contributed by atoms with Gasteiger partial charge < -0.3 is 4.74 Å². The number of hydrogen-bond acceptors (Lipinski definition) is 4. The van der Waals surface area contributed by atoms with E-state index in [0.29, 0.717) is 6.61 Å². The molecule has 2 rings (SSSR count). The van der Waals surface area contributed by atoms with Gasteiger partial charge in [-0.15, -0.1) is 0 Å². The minimum Gasteiger partial charge on any atom is -0.491 e. The Morgan fingerprint density at radius 1 is 1.32 bits per heavy atom. The molecule has 0 bridgehead atoms. The Morgan fingerprint density at radius 3 is 2.63 bits per heavy atom. The molecular weight excluding hydrogens is 271 g/mol. The van der Waals surface area contributed by atoms with Crippen LogP contribution in [0.4, 0.5) is 4.39 Å². The minimum atomic E-state index is -3.98. The first-order valence-corrected chi connectivity index (χ1v) is 7.69. The number of likely N-dealkylation sites (tertiary alicyclic amines) is 1. The smallest absolute Gasteiger partial charge is 0.241 e. The molecule has 1 aliphatic heterocycles. The Labute approximate surface area is 112 Å². The van der Waals surface area contributed by atoms with Gasteiger partial charge in [0.2, 0.25) is 10.0 Å². The predicted octanol–water partition coefficient (Wildman–Crippen LogP) is 0.948. The van der Waals surface area contributed by atoms with Crippen molar-refractivity contribution in [3.05, 3.63) is 24.0 Å². The summed E-state index contributed by atoms with van der Waals surface area (Å²) in [5.74, 6) is -0.556. The summed E-state index contributed by atoms with van der Waals surface area (Å²) in [5.41, 5.74) is 0. The molecule has 0 unspecified atom stereocenters. The van der Waals surface area contributed by atoms with Crippen molar-refractivity contribution in [2.24, 2.45) is 5.14 Å². The van der Waals surface area contributed by atoms with Crippen molar-refractivity contribution in [2.45, 2.75) is 17.7 Å². The molecule has 0 aromatic heterocycles. The fraction of sp³-hybridized carbons (Fsp3) is 0.500. The Hall–Kier alpha value is -1.18. The van der Waals surface area contributed by atoms with E-state index in [2.05, 4.69) is 4.90 Å². The normalized spacial score (nSPS) is 16.7. The van der Waals surface area contributed by atoms with Gasteiger partial charge in [-0.3, -0.25) is 4.90 Å². The monoisotopic (exact) mass is 288 g/mol. The zero-order chi connectivity index (χ0) is 13.9. The van der Waals surface area contributed by atoms with E-state index in [0.717, 1.165) is 31.8 Å². The predicted molar refractivity (Wildman–Crippen MR) is 68.9 cm³/mol. The highest BCUT2D eigenvalue weighted by atomic mass is 32.2. The third-order valence-corrected chi connectivity index (χ3v) is 4.01. The largest absolute Gasteiger partial charge is 0.491 e. The highest BCUT2D eigenvalue weighted by molar-refractivity contribution is 7.89. The molecule has 106 valence electrons. The van der Waals surface area contributed by atoms with Gasteiger partial charge in [0.15, 0.2) is 0 Å². The van der Waals surface area contributed by atoms with Gasteiger partial charge in [-0.25, -0.2) is 17.9 Å². The number of halogens is 1. The lowest BCUT2D eigenvalue weighted by molar-refractivity contribution is 0.233. The van der Waals surface area contributed by atoms with Crippen molar-refractivity contribution in [3.63, 3.8) is 0 Å². The van der Waals surface area contributed by atoms with Crippen LogP contribution in [-0.2, 0) is 10.0 Å². The van der Waals surface area contributed by atoms with Gasteiger partial charge in [0.05, 0.1) is 0 Å².